The van der Waals surface area contributed by atoms with Crippen molar-refractivity contribution < 1.29 is 17.9 Å². The molecule has 0 saturated carbocycles. The Kier molecular flexibility index (Phi) is 5.88. The molecule has 30 heavy (non-hydrogen) atoms. The van der Waals surface area contributed by atoms with Crippen molar-refractivity contribution in [3.63, 3.8) is 0 Å². The summed E-state index contributed by atoms with van der Waals surface area (Å²) >= 11 is 0. The van der Waals surface area contributed by atoms with Crippen molar-refractivity contribution in [3.05, 3.63) is 48.2 Å². The maximum Gasteiger partial charge on any atom is 0.214 e. The maximum atomic E-state index is 12.7. The quantitative estimate of drug-likeness (QED) is 0.628. The third kappa shape index (κ3) is 4.70. The summed E-state index contributed by atoms with van der Waals surface area (Å²) in [4.78, 5) is 6.46. The minimum Gasteiger partial charge on any atom is -0.490 e. The van der Waals surface area contributed by atoms with Crippen molar-refractivity contribution in [3.8, 4) is 11.5 Å². The Morgan fingerprint density at radius 2 is 1.90 bits per heavy atom. The molecule has 1 fully saturated rings. The van der Waals surface area contributed by atoms with Gasteiger partial charge in [-0.1, -0.05) is 18.2 Å². The summed E-state index contributed by atoms with van der Waals surface area (Å²) in [6, 6.07) is 11.7. The monoisotopic (exact) mass is 431 g/mol. The maximum absolute atomic E-state index is 12.7. The fourth-order valence-corrected chi connectivity index (χ4v) is 5.45. The van der Waals surface area contributed by atoms with Crippen molar-refractivity contribution in [1.82, 2.24) is 9.29 Å². The van der Waals surface area contributed by atoms with Crippen LogP contribution in [0.15, 0.2) is 42.6 Å². The topological polar surface area (TPSA) is 72.0 Å². The van der Waals surface area contributed by atoms with E-state index in [1.165, 1.54) is 0 Å². The molecule has 0 amide bonds. The molecule has 0 aliphatic carbocycles. The molecule has 1 aromatic carbocycles. The lowest BCUT2D eigenvalue weighted by atomic mass is 10.0. The number of benzene rings is 1. The van der Waals surface area contributed by atoms with Crippen LogP contribution < -0.4 is 14.4 Å². The summed E-state index contributed by atoms with van der Waals surface area (Å²) in [5, 5.41) is 0. The van der Waals surface area contributed by atoms with E-state index < -0.39 is 10.0 Å². The molecule has 1 aromatic heterocycles. The summed E-state index contributed by atoms with van der Waals surface area (Å²) in [6.45, 7) is 6.71. The molecule has 4 rings (SSSR count). The standard InChI is InChI=1S/C22H29N3O4S/c1-22(2)17-18-7-5-8-19(21(18)29-22)28-15-6-16-30(26,27)25-13-11-24(12-14-25)20-9-3-4-10-23-20/h3-5,7-10H,6,11-17H2,1-2H3. The van der Waals surface area contributed by atoms with Gasteiger partial charge in [-0.25, -0.2) is 13.4 Å². The van der Waals surface area contributed by atoms with Crippen LogP contribution in [0.25, 0.3) is 0 Å². The second-order valence-electron chi connectivity index (χ2n) is 8.37. The Morgan fingerprint density at radius 3 is 2.63 bits per heavy atom. The summed E-state index contributed by atoms with van der Waals surface area (Å²) in [5.41, 5.74) is 0.902. The lowest BCUT2D eigenvalue weighted by Crippen LogP contribution is -2.49. The van der Waals surface area contributed by atoms with E-state index in [0.29, 0.717) is 45.0 Å². The van der Waals surface area contributed by atoms with Crippen LogP contribution in [0.2, 0.25) is 0 Å². The molecule has 2 aliphatic heterocycles. The van der Waals surface area contributed by atoms with Crippen molar-refractivity contribution in [1.29, 1.82) is 0 Å². The fourth-order valence-electron chi connectivity index (χ4n) is 3.99. The van der Waals surface area contributed by atoms with Crippen LogP contribution in [0.3, 0.4) is 0 Å². The number of hydrogen-bond donors (Lipinski definition) is 0. The van der Waals surface area contributed by atoms with Crippen LogP contribution in [-0.4, -0.2) is 61.8 Å². The normalized spacial score (nSPS) is 18.7. The Bertz CT molecular complexity index is 971. The highest BCUT2D eigenvalue weighted by Crippen LogP contribution is 2.41. The SMILES string of the molecule is CC1(C)Cc2cccc(OCCCS(=O)(=O)N3CCN(c4ccccn4)CC3)c2O1. The minimum atomic E-state index is -3.30. The van der Waals surface area contributed by atoms with Gasteiger partial charge in [-0.05, 0) is 38.5 Å². The number of fused-ring (bicyclic) bond motifs is 1. The van der Waals surface area contributed by atoms with Crippen molar-refractivity contribution in [2.75, 3.05) is 43.4 Å². The largest absolute Gasteiger partial charge is 0.490 e. The van der Waals surface area contributed by atoms with E-state index in [9.17, 15) is 8.42 Å². The van der Waals surface area contributed by atoms with Crippen molar-refractivity contribution in [2.24, 2.45) is 0 Å². The van der Waals surface area contributed by atoms with Crippen molar-refractivity contribution in [2.45, 2.75) is 32.3 Å². The summed E-state index contributed by atoms with van der Waals surface area (Å²) in [5.74, 6) is 2.46. The van der Waals surface area contributed by atoms with Crippen molar-refractivity contribution >= 4 is 15.8 Å². The third-order valence-corrected chi connectivity index (χ3v) is 7.42. The third-order valence-electron chi connectivity index (χ3n) is 5.46. The first-order valence-corrected chi connectivity index (χ1v) is 12.0. The predicted molar refractivity (Wildman–Crippen MR) is 117 cm³/mol. The molecule has 7 nitrogen and oxygen atoms in total. The number of pyridine rings is 1. The van der Waals surface area contributed by atoms with Crippen LogP contribution in [0, 0.1) is 0 Å². The van der Waals surface area contributed by atoms with E-state index in [1.54, 1.807) is 10.5 Å². The second kappa shape index (κ2) is 8.43. The van der Waals surface area contributed by atoms with E-state index in [4.69, 9.17) is 9.47 Å². The lowest BCUT2D eigenvalue weighted by molar-refractivity contribution is 0.132. The number of para-hydroxylation sites is 1. The average Bonchev–Trinajstić information content (AvgIpc) is 3.06. The summed E-state index contributed by atoms with van der Waals surface area (Å²) < 4.78 is 38.9. The first kappa shape index (κ1) is 20.9. The smallest absolute Gasteiger partial charge is 0.214 e. The number of anilines is 1. The highest BCUT2D eigenvalue weighted by molar-refractivity contribution is 7.89. The van der Waals surface area contributed by atoms with E-state index in [2.05, 4.69) is 23.7 Å². The first-order chi connectivity index (χ1) is 14.3. The Morgan fingerprint density at radius 1 is 1.10 bits per heavy atom. The van der Waals surface area contributed by atoms with Gasteiger partial charge in [0.25, 0.3) is 0 Å². The van der Waals surface area contributed by atoms with Gasteiger partial charge in [0.2, 0.25) is 10.0 Å². The van der Waals surface area contributed by atoms with Gasteiger partial charge in [0, 0.05) is 44.4 Å². The highest BCUT2D eigenvalue weighted by atomic mass is 32.2. The Labute approximate surface area is 178 Å². The molecule has 1 saturated heterocycles. The van der Waals surface area contributed by atoms with Gasteiger partial charge in [-0.2, -0.15) is 4.31 Å². The van der Waals surface area contributed by atoms with Gasteiger partial charge >= 0.3 is 0 Å². The molecule has 0 radical (unpaired) electrons. The average molecular weight is 432 g/mol. The molecule has 2 aliphatic rings. The molecule has 0 spiro atoms. The van der Waals surface area contributed by atoms with Gasteiger partial charge < -0.3 is 14.4 Å². The van der Waals surface area contributed by atoms with Gasteiger partial charge in [0.1, 0.15) is 11.4 Å². The zero-order chi connectivity index (χ0) is 21.2. The molecule has 162 valence electrons. The van der Waals surface area contributed by atoms with E-state index in [-0.39, 0.29) is 11.4 Å². The van der Waals surface area contributed by atoms with Crippen LogP contribution in [0.5, 0.6) is 11.5 Å². The molecule has 8 heteroatoms. The highest BCUT2D eigenvalue weighted by Gasteiger charge is 2.32. The summed E-state index contributed by atoms with van der Waals surface area (Å²) in [6.07, 6.45) is 3.04. The number of ether oxygens (including phenoxy) is 2. The summed E-state index contributed by atoms with van der Waals surface area (Å²) in [7, 11) is -3.30. The zero-order valence-corrected chi connectivity index (χ0v) is 18.4. The number of piperazine rings is 1. The van der Waals surface area contributed by atoms with Crippen LogP contribution in [0.1, 0.15) is 25.8 Å². The molecule has 0 unspecified atom stereocenters. The number of aromatic nitrogens is 1. The molecular weight excluding hydrogens is 402 g/mol. The van der Waals surface area contributed by atoms with Crippen LogP contribution in [-0.2, 0) is 16.4 Å². The molecule has 0 N–H and O–H groups in total. The van der Waals surface area contributed by atoms with Gasteiger partial charge in [0.15, 0.2) is 11.5 Å². The zero-order valence-electron chi connectivity index (χ0n) is 17.6. The molecular formula is C22H29N3O4S. The van der Waals surface area contributed by atoms with E-state index in [1.807, 2.05) is 36.4 Å². The minimum absolute atomic E-state index is 0.0813. The fraction of sp³-hybridized carbons (Fsp3) is 0.500. The number of sulfonamides is 1. The van der Waals surface area contributed by atoms with Gasteiger partial charge in [-0.15, -0.1) is 0 Å². The predicted octanol–water partition coefficient (Wildman–Crippen LogP) is 2.72. The molecule has 2 aromatic rings. The first-order valence-electron chi connectivity index (χ1n) is 10.4. The number of hydrogen-bond acceptors (Lipinski definition) is 6. The van der Waals surface area contributed by atoms with Gasteiger partial charge in [-0.3, -0.25) is 0 Å². The Hall–Kier alpha value is -2.32. The molecule has 0 atom stereocenters. The molecule has 0 bridgehead atoms. The number of rotatable bonds is 7. The van der Waals surface area contributed by atoms with E-state index >= 15 is 0 Å². The number of nitrogens with zero attached hydrogens (tertiary/aromatic N) is 3. The van der Waals surface area contributed by atoms with Crippen LogP contribution in [0.4, 0.5) is 5.82 Å². The Balaban J connectivity index is 1.26. The van der Waals surface area contributed by atoms with Crippen LogP contribution >= 0.6 is 0 Å². The van der Waals surface area contributed by atoms with E-state index in [0.717, 1.165) is 23.6 Å². The lowest BCUT2D eigenvalue weighted by Gasteiger charge is -2.34. The van der Waals surface area contributed by atoms with Gasteiger partial charge in [0.05, 0.1) is 12.4 Å². The molecule has 3 heterocycles. The second-order valence-corrected chi connectivity index (χ2v) is 10.5.